The number of carbonyl (C=O) groups excluding carboxylic acids is 4. The second-order valence-corrected chi connectivity index (χ2v) is 7.56. The third kappa shape index (κ3) is 4.03. The van der Waals surface area contributed by atoms with Crippen LogP contribution in [0.5, 0.6) is 11.5 Å². The number of hydrogen-bond acceptors (Lipinski definition) is 7. The molecule has 1 aromatic carbocycles. The van der Waals surface area contributed by atoms with Gasteiger partial charge < -0.3 is 19.5 Å². The van der Waals surface area contributed by atoms with Crippen LogP contribution in [0.25, 0.3) is 0 Å². The summed E-state index contributed by atoms with van der Waals surface area (Å²) < 4.78 is 15.9. The van der Waals surface area contributed by atoms with Gasteiger partial charge in [0.1, 0.15) is 18.8 Å². The third-order valence-corrected chi connectivity index (χ3v) is 5.42. The van der Waals surface area contributed by atoms with Crippen LogP contribution in [0.4, 0.5) is 4.79 Å². The molecular weight excluding hydrogens is 394 g/mol. The first-order valence-corrected chi connectivity index (χ1v) is 9.97. The molecule has 0 aromatic heterocycles. The van der Waals surface area contributed by atoms with Crippen LogP contribution in [0.2, 0.25) is 0 Å². The predicted molar refractivity (Wildman–Crippen MR) is 101 cm³/mol. The average Bonchev–Trinajstić information content (AvgIpc) is 2.96. The summed E-state index contributed by atoms with van der Waals surface area (Å²) in [5.74, 6) is -0.686. The molecule has 0 radical (unpaired) electrons. The van der Waals surface area contributed by atoms with Crippen molar-refractivity contribution in [2.75, 3.05) is 19.8 Å². The summed E-state index contributed by atoms with van der Waals surface area (Å²) in [6.07, 6.45) is 3.73. The fourth-order valence-corrected chi connectivity index (χ4v) is 3.93. The molecule has 160 valence electrons. The minimum absolute atomic E-state index is 0.0594. The van der Waals surface area contributed by atoms with Crippen molar-refractivity contribution in [2.45, 2.75) is 44.1 Å². The molecule has 10 heteroatoms. The maximum Gasteiger partial charge on any atom is 0.344 e. The molecule has 30 heavy (non-hydrogen) atoms. The molecule has 0 unspecified atom stereocenters. The molecule has 10 nitrogen and oxygen atoms in total. The summed E-state index contributed by atoms with van der Waals surface area (Å²) >= 11 is 0. The van der Waals surface area contributed by atoms with E-state index < -0.39 is 36.0 Å². The van der Waals surface area contributed by atoms with E-state index in [1.807, 2.05) is 0 Å². The molecule has 1 aromatic rings. The second-order valence-electron chi connectivity index (χ2n) is 7.56. The van der Waals surface area contributed by atoms with Crippen LogP contribution in [0.3, 0.4) is 0 Å². The first-order valence-electron chi connectivity index (χ1n) is 9.97. The number of rotatable bonds is 5. The number of esters is 1. The lowest BCUT2D eigenvalue weighted by atomic mass is 9.82. The van der Waals surface area contributed by atoms with Crippen LogP contribution >= 0.6 is 0 Å². The van der Waals surface area contributed by atoms with Crippen molar-refractivity contribution in [2.24, 2.45) is 0 Å². The maximum atomic E-state index is 12.6. The Morgan fingerprint density at radius 1 is 1.10 bits per heavy atom. The molecule has 3 aliphatic rings. The zero-order chi connectivity index (χ0) is 21.1. The van der Waals surface area contributed by atoms with Gasteiger partial charge in [-0.2, -0.15) is 5.01 Å². The predicted octanol–water partition coefficient (Wildman–Crippen LogP) is 0.829. The number of nitrogens with zero attached hydrogens (tertiary/aromatic N) is 1. The monoisotopic (exact) mass is 417 g/mol. The van der Waals surface area contributed by atoms with Crippen LogP contribution in [0, 0.1) is 0 Å². The number of hydrazine groups is 1. The van der Waals surface area contributed by atoms with Gasteiger partial charge in [-0.1, -0.05) is 25.3 Å². The number of urea groups is 1. The van der Waals surface area contributed by atoms with Crippen molar-refractivity contribution in [3.05, 3.63) is 23.8 Å². The number of nitrogens with one attached hydrogen (secondary N) is 2. The Bertz CT molecular complexity index is 879. The number of fused-ring (bicyclic) bond motifs is 1. The summed E-state index contributed by atoms with van der Waals surface area (Å²) in [4.78, 5) is 48.9. The smallest absolute Gasteiger partial charge is 0.344 e. The summed E-state index contributed by atoms with van der Waals surface area (Å²) in [6.45, 7) is 0.306. The molecule has 0 atom stereocenters. The maximum absolute atomic E-state index is 12.6. The summed E-state index contributed by atoms with van der Waals surface area (Å²) in [6, 6.07) is 4.44. The van der Waals surface area contributed by atoms with Crippen LogP contribution in [0.1, 0.15) is 37.7 Å². The van der Waals surface area contributed by atoms with Crippen LogP contribution < -0.4 is 20.2 Å². The molecule has 1 saturated heterocycles. The average molecular weight is 417 g/mol. The molecule has 1 saturated carbocycles. The van der Waals surface area contributed by atoms with Crippen molar-refractivity contribution in [1.82, 2.24) is 15.8 Å². The lowest BCUT2D eigenvalue weighted by molar-refractivity contribution is -0.150. The van der Waals surface area contributed by atoms with E-state index in [0.29, 0.717) is 48.1 Å². The highest BCUT2D eigenvalue weighted by Crippen LogP contribution is 2.33. The second kappa shape index (κ2) is 8.21. The zero-order valence-electron chi connectivity index (χ0n) is 16.4. The highest BCUT2D eigenvalue weighted by atomic mass is 16.6. The number of ether oxygens (including phenoxy) is 3. The first kappa shape index (κ1) is 20.0. The highest BCUT2D eigenvalue weighted by Gasteiger charge is 2.52. The minimum atomic E-state index is -0.933. The van der Waals surface area contributed by atoms with E-state index in [4.69, 9.17) is 14.2 Å². The zero-order valence-corrected chi connectivity index (χ0v) is 16.4. The molecule has 2 N–H and O–H groups in total. The van der Waals surface area contributed by atoms with Gasteiger partial charge in [0.2, 0.25) is 0 Å². The summed E-state index contributed by atoms with van der Waals surface area (Å²) in [7, 11) is 0. The van der Waals surface area contributed by atoms with Gasteiger partial charge in [0, 0.05) is 0 Å². The molecule has 2 heterocycles. The lowest BCUT2D eigenvalue weighted by Crippen LogP contribution is -2.51. The van der Waals surface area contributed by atoms with Gasteiger partial charge in [-0.15, -0.1) is 0 Å². The molecule has 1 aliphatic carbocycles. The van der Waals surface area contributed by atoms with Crippen LogP contribution in [0.15, 0.2) is 18.2 Å². The van der Waals surface area contributed by atoms with E-state index in [0.717, 1.165) is 19.3 Å². The van der Waals surface area contributed by atoms with Gasteiger partial charge in [-0.3, -0.25) is 19.8 Å². The normalized spacial score (nSPS) is 19.4. The van der Waals surface area contributed by atoms with Crippen molar-refractivity contribution in [3.63, 3.8) is 0 Å². The topological polar surface area (TPSA) is 123 Å². The van der Waals surface area contributed by atoms with Gasteiger partial charge in [-0.25, -0.2) is 4.79 Å². The molecule has 4 amide bonds. The Labute approximate surface area is 172 Å². The number of imide groups is 1. The number of carbonyl (C=O) groups is 4. The van der Waals surface area contributed by atoms with Gasteiger partial charge in [-0.05, 0) is 30.5 Å². The Hall–Kier alpha value is -3.30. The summed E-state index contributed by atoms with van der Waals surface area (Å²) in [5.41, 5.74) is 1.95. The Morgan fingerprint density at radius 2 is 1.83 bits per heavy atom. The van der Waals surface area contributed by atoms with E-state index in [1.165, 1.54) is 0 Å². The standard InChI is InChI=1S/C20H23N3O7/c24-16(22-23-18(26)20(21-19(23)27)6-2-1-3-7-20)12-30-17(25)11-13-4-5-14-15(10-13)29-9-8-28-14/h4-5,10H,1-3,6-9,11-12H2,(H,21,27)(H,22,24). The number of amides is 4. The van der Waals surface area contributed by atoms with Crippen LogP contribution in [-0.4, -0.2) is 54.2 Å². The van der Waals surface area contributed by atoms with Crippen molar-refractivity contribution in [3.8, 4) is 11.5 Å². The number of benzene rings is 1. The van der Waals surface area contributed by atoms with Gasteiger partial charge in [0.25, 0.3) is 11.8 Å². The molecular formula is C20H23N3O7. The molecule has 2 aliphatic heterocycles. The highest BCUT2D eigenvalue weighted by molar-refractivity contribution is 6.08. The van der Waals surface area contributed by atoms with Crippen molar-refractivity contribution < 1.29 is 33.4 Å². The van der Waals surface area contributed by atoms with Gasteiger partial charge in [0.15, 0.2) is 18.1 Å². The van der Waals surface area contributed by atoms with Gasteiger partial charge >= 0.3 is 12.0 Å². The number of hydrogen-bond donors (Lipinski definition) is 2. The molecule has 1 spiro atoms. The van der Waals surface area contributed by atoms with Crippen molar-refractivity contribution in [1.29, 1.82) is 0 Å². The molecule has 0 bridgehead atoms. The summed E-state index contributed by atoms with van der Waals surface area (Å²) in [5, 5.41) is 3.37. The van der Waals surface area contributed by atoms with E-state index in [2.05, 4.69) is 10.7 Å². The van der Waals surface area contributed by atoms with Crippen LogP contribution in [-0.2, 0) is 25.5 Å². The Morgan fingerprint density at radius 3 is 2.60 bits per heavy atom. The fourth-order valence-electron chi connectivity index (χ4n) is 3.93. The van der Waals surface area contributed by atoms with E-state index >= 15 is 0 Å². The molecule has 2 fully saturated rings. The SMILES string of the molecule is O=C(COC(=O)Cc1ccc2c(c1)OCCO2)NN1C(=O)NC2(CCCCC2)C1=O. The lowest BCUT2D eigenvalue weighted by Gasteiger charge is -2.30. The third-order valence-electron chi connectivity index (χ3n) is 5.42. The largest absolute Gasteiger partial charge is 0.486 e. The Kier molecular flexibility index (Phi) is 5.47. The van der Waals surface area contributed by atoms with E-state index in [1.54, 1.807) is 18.2 Å². The van der Waals surface area contributed by atoms with Crippen molar-refractivity contribution >= 4 is 23.8 Å². The van der Waals surface area contributed by atoms with Gasteiger partial charge in [0.05, 0.1) is 6.42 Å². The van der Waals surface area contributed by atoms with E-state index in [-0.39, 0.29) is 6.42 Å². The fraction of sp³-hybridized carbons (Fsp3) is 0.500. The quantitative estimate of drug-likeness (QED) is 0.537. The minimum Gasteiger partial charge on any atom is -0.486 e. The Balaban J connectivity index is 1.27. The molecule has 4 rings (SSSR count). The van der Waals surface area contributed by atoms with E-state index in [9.17, 15) is 19.2 Å². The first-order chi connectivity index (χ1) is 14.5.